The highest BCUT2D eigenvalue weighted by Gasteiger charge is 2.39. The molecular formula is C25H31NO7S. The van der Waals surface area contributed by atoms with Crippen molar-refractivity contribution in [3.63, 3.8) is 0 Å². The smallest absolute Gasteiger partial charge is 0.192 e. The van der Waals surface area contributed by atoms with Crippen molar-refractivity contribution in [2.45, 2.75) is 55.2 Å². The third-order valence-corrected chi connectivity index (χ3v) is 7.43. The fourth-order valence-electron chi connectivity index (χ4n) is 4.85. The Balaban J connectivity index is 1.90. The van der Waals surface area contributed by atoms with Gasteiger partial charge in [0.05, 0.1) is 25.7 Å². The second-order valence-corrected chi connectivity index (χ2v) is 9.47. The fourth-order valence-corrected chi connectivity index (χ4v) is 5.31. The summed E-state index contributed by atoms with van der Waals surface area (Å²) in [5, 5.41) is 33.8. The highest BCUT2D eigenvalue weighted by molar-refractivity contribution is 7.98. The van der Waals surface area contributed by atoms with E-state index < -0.39 is 24.5 Å². The summed E-state index contributed by atoms with van der Waals surface area (Å²) in [4.78, 5) is 13.6. The Hall–Kier alpha value is -2.14. The summed E-state index contributed by atoms with van der Waals surface area (Å²) >= 11 is 1.38. The maximum absolute atomic E-state index is 13.0. The maximum Gasteiger partial charge on any atom is 0.192 e. The predicted octanol–water partition coefficient (Wildman–Crippen LogP) is 1.78. The van der Waals surface area contributed by atoms with E-state index in [4.69, 9.17) is 14.2 Å². The Kier molecular flexibility index (Phi) is 7.51. The first-order chi connectivity index (χ1) is 16.3. The quantitative estimate of drug-likeness (QED) is 0.466. The first-order valence-electron chi connectivity index (χ1n) is 11.2. The SMILES string of the molecule is COc1cc(C)c2c(c1OC)-c1ccc(SC)c(=O)cc1C(NC1OCC(O)C(O)C1O)CC2. The molecule has 2 aromatic rings. The van der Waals surface area contributed by atoms with E-state index in [2.05, 4.69) is 5.32 Å². The highest BCUT2D eigenvalue weighted by Crippen LogP contribution is 2.47. The van der Waals surface area contributed by atoms with Crippen LogP contribution in [0.1, 0.15) is 29.2 Å². The van der Waals surface area contributed by atoms with Gasteiger partial charge in [-0.05, 0) is 66.5 Å². The van der Waals surface area contributed by atoms with E-state index in [0.717, 1.165) is 27.8 Å². The van der Waals surface area contributed by atoms with E-state index in [1.807, 2.05) is 31.4 Å². The molecule has 4 rings (SSSR count). The second-order valence-electron chi connectivity index (χ2n) is 8.62. The monoisotopic (exact) mass is 489 g/mol. The number of ether oxygens (including phenoxy) is 3. The zero-order chi connectivity index (χ0) is 24.6. The van der Waals surface area contributed by atoms with Gasteiger partial charge in [0, 0.05) is 11.6 Å². The molecule has 0 saturated carbocycles. The first-order valence-corrected chi connectivity index (χ1v) is 12.4. The van der Waals surface area contributed by atoms with E-state index in [0.29, 0.717) is 29.2 Å². The number of thioether (sulfide) groups is 1. The van der Waals surface area contributed by atoms with Gasteiger partial charge in [-0.15, -0.1) is 11.8 Å². The van der Waals surface area contributed by atoms with Crippen molar-refractivity contribution in [1.29, 1.82) is 0 Å². The summed E-state index contributed by atoms with van der Waals surface area (Å²) in [5.74, 6) is 1.21. The number of rotatable bonds is 5. The largest absolute Gasteiger partial charge is 0.493 e. The van der Waals surface area contributed by atoms with E-state index in [1.54, 1.807) is 20.3 Å². The topological polar surface area (TPSA) is 117 Å². The van der Waals surface area contributed by atoms with Gasteiger partial charge >= 0.3 is 0 Å². The van der Waals surface area contributed by atoms with Gasteiger partial charge in [0.1, 0.15) is 24.5 Å². The zero-order valence-electron chi connectivity index (χ0n) is 19.7. The lowest BCUT2D eigenvalue weighted by Gasteiger charge is -2.37. The lowest BCUT2D eigenvalue weighted by Crippen LogP contribution is -2.58. The molecule has 1 heterocycles. The average Bonchev–Trinajstić information content (AvgIpc) is 3.08. The van der Waals surface area contributed by atoms with Crippen LogP contribution in [-0.2, 0) is 11.2 Å². The number of aliphatic hydroxyl groups is 3. The Morgan fingerprint density at radius 3 is 2.56 bits per heavy atom. The highest BCUT2D eigenvalue weighted by atomic mass is 32.2. The van der Waals surface area contributed by atoms with Crippen LogP contribution in [0.3, 0.4) is 0 Å². The number of aliphatic hydroxyl groups excluding tert-OH is 3. The number of benzene rings is 1. The lowest BCUT2D eigenvalue weighted by molar-refractivity contribution is -0.197. The molecule has 1 fully saturated rings. The molecule has 0 amide bonds. The van der Waals surface area contributed by atoms with Gasteiger partial charge in [0.25, 0.3) is 0 Å². The number of nitrogens with one attached hydrogen (secondary N) is 1. The summed E-state index contributed by atoms with van der Waals surface area (Å²) in [7, 11) is 3.20. The third-order valence-electron chi connectivity index (χ3n) is 6.66. The molecule has 1 saturated heterocycles. The minimum atomic E-state index is -1.33. The maximum atomic E-state index is 13.0. The van der Waals surface area contributed by atoms with Crippen molar-refractivity contribution in [3.8, 4) is 22.6 Å². The number of aryl methyl sites for hydroxylation is 1. The van der Waals surface area contributed by atoms with Gasteiger partial charge in [-0.3, -0.25) is 10.1 Å². The molecule has 4 N–H and O–H groups in total. The van der Waals surface area contributed by atoms with E-state index in [9.17, 15) is 20.1 Å². The van der Waals surface area contributed by atoms with Crippen LogP contribution in [0.25, 0.3) is 11.1 Å². The Labute approximate surface area is 202 Å². The van der Waals surface area contributed by atoms with Crippen molar-refractivity contribution in [2.75, 3.05) is 27.1 Å². The lowest BCUT2D eigenvalue weighted by atomic mass is 9.93. The molecule has 0 spiro atoms. The van der Waals surface area contributed by atoms with Crippen molar-refractivity contribution in [3.05, 3.63) is 51.2 Å². The van der Waals surface area contributed by atoms with Crippen LogP contribution >= 0.6 is 11.8 Å². The minimum absolute atomic E-state index is 0.105. The van der Waals surface area contributed by atoms with Gasteiger partial charge in [0.2, 0.25) is 0 Å². The molecule has 1 aliphatic heterocycles. The van der Waals surface area contributed by atoms with Crippen molar-refractivity contribution in [1.82, 2.24) is 5.32 Å². The summed E-state index contributed by atoms with van der Waals surface area (Å²) < 4.78 is 17.0. The summed E-state index contributed by atoms with van der Waals surface area (Å²) in [6.07, 6.45) is -1.57. The Bertz CT molecular complexity index is 1130. The summed E-state index contributed by atoms with van der Waals surface area (Å²) in [6, 6.07) is 6.96. The molecule has 2 aromatic carbocycles. The van der Waals surface area contributed by atoms with Crippen LogP contribution in [0.15, 0.2) is 34.0 Å². The number of hydrogen-bond acceptors (Lipinski definition) is 9. The molecule has 1 aliphatic carbocycles. The Morgan fingerprint density at radius 2 is 1.88 bits per heavy atom. The van der Waals surface area contributed by atoms with Crippen molar-refractivity contribution < 1.29 is 29.5 Å². The summed E-state index contributed by atoms with van der Waals surface area (Å²) in [5.41, 5.74) is 4.47. The predicted molar refractivity (Wildman–Crippen MR) is 130 cm³/mol. The van der Waals surface area contributed by atoms with Gasteiger partial charge in [-0.2, -0.15) is 0 Å². The molecule has 34 heavy (non-hydrogen) atoms. The molecule has 0 radical (unpaired) electrons. The van der Waals surface area contributed by atoms with E-state index in [1.165, 1.54) is 11.8 Å². The fraction of sp³-hybridized carbons (Fsp3) is 0.480. The number of fused-ring (bicyclic) bond motifs is 3. The molecule has 2 aliphatic rings. The Morgan fingerprint density at radius 1 is 1.12 bits per heavy atom. The van der Waals surface area contributed by atoms with Gasteiger partial charge in [-0.25, -0.2) is 0 Å². The van der Waals surface area contributed by atoms with Gasteiger partial charge in [-0.1, -0.05) is 6.07 Å². The summed E-state index contributed by atoms with van der Waals surface area (Å²) in [6.45, 7) is 1.92. The van der Waals surface area contributed by atoms with Crippen LogP contribution in [-0.4, -0.2) is 66.9 Å². The van der Waals surface area contributed by atoms with Crippen LogP contribution in [0.4, 0.5) is 0 Å². The second kappa shape index (κ2) is 10.2. The molecule has 9 heteroatoms. The molecule has 184 valence electrons. The normalized spacial score (nSPS) is 26.3. The van der Waals surface area contributed by atoms with E-state index >= 15 is 0 Å². The number of hydrogen-bond donors (Lipinski definition) is 4. The van der Waals surface area contributed by atoms with E-state index in [-0.39, 0.29) is 18.1 Å². The van der Waals surface area contributed by atoms with Crippen molar-refractivity contribution >= 4 is 11.8 Å². The van der Waals surface area contributed by atoms with Crippen LogP contribution in [0.2, 0.25) is 0 Å². The number of methoxy groups -OCH3 is 2. The van der Waals surface area contributed by atoms with Gasteiger partial charge in [0.15, 0.2) is 16.9 Å². The molecule has 5 atom stereocenters. The average molecular weight is 490 g/mol. The van der Waals surface area contributed by atoms with Gasteiger partial charge < -0.3 is 29.5 Å². The van der Waals surface area contributed by atoms with Crippen LogP contribution < -0.4 is 20.2 Å². The standard InChI is InChI=1S/C25H31NO7S/c1-12-9-19(31-2)24(32-3)21-13(12)5-7-16(26-25-23(30)22(29)18(28)11-33-25)15-10-17(27)20(34-4)8-6-14(15)21/h6,8-10,16,18,22-23,25-26,28-30H,5,7,11H2,1-4H3. The molecule has 0 bridgehead atoms. The molecule has 8 nitrogen and oxygen atoms in total. The minimum Gasteiger partial charge on any atom is -0.493 e. The van der Waals surface area contributed by atoms with Crippen molar-refractivity contribution in [2.24, 2.45) is 0 Å². The molecular weight excluding hydrogens is 458 g/mol. The molecule has 0 aromatic heterocycles. The van der Waals surface area contributed by atoms with Crippen LogP contribution in [0.5, 0.6) is 11.5 Å². The third kappa shape index (κ3) is 4.44. The zero-order valence-corrected chi connectivity index (χ0v) is 20.5. The molecule has 5 unspecified atom stereocenters. The van der Waals surface area contributed by atoms with Crippen LogP contribution in [0, 0.1) is 6.92 Å². The first kappa shape index (κ1) is 25.0.